The van der Waals surface area contributed by atoms with Crippen molar-refractivity contribution in [3.05, 3.63) is 0 Å². The van der Waals surface area contributed by atoms with Crippen molar-refractivity contribution in [1.82, 2.24) is 0 Å². The highest BCUT2D eigenvalue weighted by Gasteiger charge is 2.58. The molecule has 0 spiro atoms. The van der Waals surface area contributed by atoms with Crippen LogP contribution in [0.15, 0.2) is 0 Å². The first kappa shape index (κ1) is 11.0. The molecule has 3 rings (SSSR count). The van der Waals surface area contributed by atoms with Crippen molar-refractivity contribution < 1.29 is 0 Å². The molecule has 3 fully saturated rings. The van der Waals surface area contributed by atoms with E-state index in [2.05, 4.69) is 6.92 Å². The van der Waals surface area contributed by atoms with Crippen LogP contribution in [0, 0.1) is 35.5 Å². The Morgan fingerprint density at radius 2 is 1.75 bits per heavy atom. The lowest BCUT2D eigenvalue weighted by Crippen LogP contribution is -2.34. The van der Waals surface area contributed by atoms with Crippen LogP contribution in [0.2, 0.25) is 0 Å². The molecule has 0 aromatic heterocycles. The molecule has 2 bridgehead atoms. The van der Waals surface area contributed by atoms with Crippen LogP contribution in [0.25, 0.3) is 0 Å². The summed E-state index contributed by atoms with van der Waals surface area (Å²) >= 11 is 0. The highest BCUT2D eigenvalue weighted by molar-refractivity contribution is 5.07. The molecular formula is C14H26N2. The number of hydrogen-bond donors (Lipinski definition) is 2. The Kier molecular flexibility index (Phi) is 2.75. The van der Waals surface area contributed by atoms with Crippen molar-refractivity contribution >= 4 is 0 Å². The maximum absolute atomic E-state index is 6.18. The number of fused-ring (bicyclic) bond motifs is 5. The van der Waals surface area contributed by atoms with Gasteiger partial charge >= 0.3 is 0 Å². The second-order valence-corrected chi connectivity index (χ2v) is 6.49. The largest absolute Gasteiger partial charge is 0.330 e. The van der Waals surface area contributed by atoms with E-state index in [0.717, 1.165) is 42.1 Å². The van der Waals surface area contributed by atoms with Crippen molar-refractivity contribution in [2.75, 3.05) is 6.54 Å². The molecule has 4 N–H and O–H groups in total. The van der Waals surface area contributed by atoms with Crippen molar-refractivity contribution in [1.29, 1.82) is 0 Å². The molecule has 0 amide bonds. The van der Waals surface area contributed by atoms with Gasteiger partial charge in [-0.25, -0.2) is 0 Å². The van der Waals surface area contributed by atoms with E-state index in [0.29, 0.717) is 6.04 Å². The maximum Gasteiger partial charge on any atom is 0.00416 e. The smallest absolute Gasteiger partial charge is 0.00416 e. The molecule has 0 aromatic carbocycles. The van der Waals surface area contributed by atoms with Crippen LogP contribution in [-0.4, -0.2) is 12.6 Å². The predicted molar refractivity (Wildman–Crippen MR) is 66.7 cm³/mol. The summed E-state index contributed by atoms with van der Waals surface area (Å²) in [5.74, 6) is 5.77. The third kappa shape index (κ3) is 1.39. The molecule has 7 unspecified atom stereocenters. The van der Waals surface area contributed by atoms with Crippen LogP contribution in [-0.2, 0) is 0 Å². The Hall–Kier alpha value is -0.0800. The molecule has 2 heteroatoms. The Labute approximate surface area is 99.1 Å². The molecule has 3 saturated carbocycles. The fraction of sp³-hybridized carbons (Fsp3) is 1.00. The van der Waals surface area contributed by atoms with Crippen LogP contribution in [0.3, 0.4) is 0 Å². The summed E-state index contributed by atoms with van der Waals surface area (Å²) in [6, 6.07) is 0.410. The first-order valence-corrected chi connectivity index (χ1v) is 7.19. The van der Waals surface area contributed by atoms with Gasteiger partial charge in [0.15, 0.2) is 0 Å². The zero-order valence-electron chi connectivity index (χ0n) is 10.4. The number of hydrogen-bond acceptors (Lipinski definition) is 2. The second kappa shape index (κ2) is 3.99. The van der Waals surface area contributed by atoms with E-state index in [9.17, 15) is 0 Å². The minimum absolute atomic E-state index is 0.410. The van der Waals surface area contributed by atoms with Crippen molar-refractivity contribution in [3.63, 3.8) is 0 Å². The summed E-state index contributed by atoms with van der Waals surface area (Å²) in [4.78, 5) is 0. The SMILES string of the molecule is CC(N)C1CCC2C3CCC(C3CCN)C12. The normalized spacial score (nSPS) is 51.9. The quantitative estimate of drug-likeness (QED) is 0.767. The van der Waals surface area contributed by atoms with Gasteiger partial charge < -0.3 is 11.5 Å². The molecule has 2 nitrogen and oxygen atoms in total. The summed E-state index contributed by atoms with van der Waals surface area (Å²) in [7, 11) is 0. The molecule has 7 atom stereocenters. The van der Waals surface area contributed by atoms with E-state index >= 15 is 0 Å². The Morgan fingerprint density at radius 1 is 1.06 bits per heavy atom. The van der Waals surface area contributed by atoms with Gasteiger partial charge in [0.2, 0.25) is 0 Å². The van der Waals surface area contributed by atoms with E-state index in [1.807, 2.05) is 0 Å². The predicted octanol–water partition coefficient (Wildman–Crippen LogP) is 1.98. The average Bonchev–Trinajstić information content (AvgIpc) is 2.87. The van der Waals surface area contributed by atoms with Crippen LogP contribution in [0.5, 0.6) is 0 Å². The van der Waals surface area contributed by atoms with E-state index in [1.165, 1.54) is 32.1 Å². The Balaban J connectivity index is 1.80. The lowest BCUT2D eigenvalue weighted by atomic mass is 9.76. The summed E-state index contributed by atoms with van der Waals surface area (Å²) in [6.45, 7) is 3.11. The van der Waals surface area contributed by atoms with Crippen LogP contribution < -0.4 is 11.5 Å². The molecule has 92 valence electrons. The molecule has 0 aromatic rings. The fourth-order valence-electron chi connectivity index (χ4n) is 5.60. The number of rotatable bonds is 3. The second-order valence-electron chi connectivity index (χ2n) is 6.49. The molecule has 0 radical (unpaired) electrons. The average molecular weight is 222 g/mol. The van der Waals surface area contributed by atoms with Gasteiger partial charge in [-0.1, -0.05) is 0 Å². The molecule has 0 saturated heterocycles. The third-order valence-corrected chi connectivity index (χ3v) is 5.98. The van der Waals surface area contributed by atoms with Gasteiger partial charge in [0, 0.05) is 6.04 Å². The Morgan fingerprint density at radius 3 is 2.44 bits per heavy atom. The van der Waals surface area contributed by atoms with E-state index < -0.39 is 0 Å². The summed E-state index contributed by atoms with van der Waals surface area (Å²) < 4.78 is 0. The van der Waals surface area contributed by atoms with Gasteiger partial charge in [0.05, 0.1) is 0 Å². The molecular weight excluding hydrogens is 196 g/mol. The van der Waals surface area contributed by atoms with Gasteiger partial charge in [-0.2, -0.15) is 0 Å². The highest BCUT2D eigenvalue weighted by Crippen LogP contribution is 2.64. The van der Waals surface area contributed by atoms with Crippen LogP contribution >= 0.6 is 0 Å². The highest BCUT2D eigenvalue weighted by atomic mass is 14.7. The molecule has 16 heavy (non-hydrogen) atoms. The zero-order valence-corrected chi connectivity index (χ0v) is 10.4. The number of nitrogens with two attached hydrogens (primary N) is 2. The van der Waals surface area contributed by atoms with Crippen LogP contribution in [0.4, 0.5) is 0 Å². The van der Waals surface area contributed by atoms with Crippen molar-refractivity contribution in [2.45, 2.75) is 45.1 Å². The van der Waals surface area contributed by atoms with Gasteiger partial charge in [0.1, 0.15) is 0 Å². The van der Waals surface area contributed by atoms with Gasteiger partial charge in [-0.15, -0.1) is 0 Å². The van der Waals surface area contributed by atoms with E-state index in [-0.39, 0.29) is 0 Å². The third-order valence-electron chi connectivity index (χ3n) is 5.98. The van der Waals surface area contributed by atoms with Gasteiger partial charge in [-0.3, -0.25) is 0 Å². The molecule has 3 aliphatic rings. The standard InChI is InChI=1S/C14H26N2/c1-8(16)9-2-4-12-10-3-5-13(14(9)12)11(10)6-7-15/h8-14H,2-7,15-16H2,1H3. The molecule has 0 heterocycles. The van der Waals surface area contributed by atoms with E-state index in [4.69, 9.17) is 11.5 Å². The summed E-state index contributed by atoms with van der Waals surface area (Å²) in [5.41, 5.74) is 12.0. The molecule has 3 aliphatic carbocycles. The summed E-state index contributed by atoms with van der Waals surface area (Å²) in [5, 5.41) is 0. The van der Waals surface area contributed by atoms with Gasteiger partial charge in [0.25, 0.3) is 0 Å². The summed E-state index contributed by atoms with van der Waals surface area (Å²) in [6.07, 6.45) is 7.09. The zero-order chi connectivity index (χ0) is 11.3. The first-order chi connectivity index (χ1) is 7.74. The lowest BCUT2D eigenvalue weighted by Gasteiger charge is -2.31. The monoisotopic (exact) mass is 222 g/mol. The minimum atomic E-state index is 0.410. The van der Waals surface area contributed by atoms with Crippen LogP contribution in [0.1, 0.15) is 39.0 Å². The maximum atomic E-state index is 6.18. The van der Waals surface area contributed by atoms with Crippen molar-refractivity contribution in [2.24, 2.45) is 47.0 Å². The minimum Gasteiger partial charge on any atom is -0.330 e. The van der Waals surface area contributed by atoms with E-state index in [1.54, 1.807) is 0 Å². The molecule has 0 aliphatic heterocycles. The van der Waals surface area contributed by atoms with Gasteiger partial charge in [-0.05, 0) is 81.1 Å². The lowest BCUT2D eigenvalue weighted by molar-refractivity contribution is 0.193. The first-order valence-electron chi connectivity index (χ1n) is 7.19. The topological polar surface area (TPSA) is 52.0 Å². The van der Waals surface area contributed by atoms with Crippen molar-refractivity contribution in [3.8, 4) is 0 Å². The fourth-order valence-corrected chi connectivity index (χ4v) is 5.60. The Bertz CT molecular complexity index is 263.